The summed E-state index contributed by atoms with van der Waals surface area (Å²) in [6.45, 7) is 12.9. The van der Waals surface area contributed by atoms with Gasteiger partial charge in [-0.05, 0) is 45.1 Å². The van der Waals surface area contributed by atoms with Crippen molar-refractivity contribution < 1.29 is 0 Å². The quantitative estimate of drug-likeness (QED) is 0.650. The van der Waals surface area contributed by atoms with E-state index >= 15 is 0 Å². The van der Waals surface area contributed by atoms with Gasteiger partial charge in [-0.25, -0.2) is 0 Å². The Hall–Kier alpha value is -0.0800. The molecule has 1 rings (SSSR count). The zero-order chi connectivity index (χ0) is 12.0. The molecule has 1 unspecified atom stereocenters. The van der Waals surface area contributed by atoms with Crippen LogP contribution in [0.2, 0.25) is 0 Å². The monoisotopic (exact) mass is 226 g/mol. The van der Waals surface area contributed by atoms with Gasteiger partial charge in [0.2, 0.25) is 0 Å². The van der Waals surface area contributed by atoms with Gasteiger partial charge in [-0.3, -0.25) is 4.90 Å². The molecule has 1 aliphatic carbocycles. The molecule has 0 aromatic rings. The largest absolute Gasteiger partial charge is 0.312 e. The van der Waals surface area contributed by atoms with E-state index in [0.717, 1.165) is 12.5 Å². The van der Waals surface area contributed by atoms with E-state index in [2.05, 4.69) is 37.9 Å². The van der Waals surface area contributed by atoms with Crippen LogP contribution in [0, 0.1) is 5.92 Å². The highest BCUT2D eigenvalue weighted by molar-refractivity contribution is 4.80. The van der Waals surface area contributed by atoms with Crippen LogP contribution in [0.3, 0.4) is 0 Å². The minimum absolute atomic E-state index is 0.686. The molecule has 96 valence electrons. The minimum Gasteiger partial charge on any atom is -0.312 e. The number of rotatable bonds is 9. The molecule has 2 nitrogen and oxygen atoms in total. The summed E-state index contributed by atoms with van der Waals surface area (Å²) in [4.78, 5) is 2.63. The summed E-state index contributed by atoms with van der Waals surface area (Å²) in [7, 11) is 0. The summed E-state index contributed by atoms with van der Waals surface area (Å²) in [5.74, 6) is 1.01. The third kappa shape index (κ3) is 4.84. The van der Waals surface area contributed by atoms with Gasteiger partial charge >= 0.3 is 0 Å². The highest BCUT2D eigenvalue weighted by atomic mass is 15.2. The number of likely N-dealkylation sites (N-methyl/N-ethyl adjacent to an activating group) is 1. The number of nitrogens with one attached hydrogen (secondary N) is 1. The molecule has 1 N–H and O–H groups in total. The van der Waals surface area contributed by atoms with Crippen LogP contribution in [0.15, 0.2) is 0 Å². The van der Waals surface area contributed by atoms with Gasteiger partial charge in [0.1, 0.15) is 0 Å². The molecule has 2 heteroatoms. The Bertz CT molecular complexity index is 174. The average Bonchev–Trinajstić information content (AvgIpc) is 3.10. The zero-order valence-electron chi connectivity index (χ0n) is 11.6. The fourth-order valence-electron chi connectivity index (χ4n) is 2.30. The Morgan fingerprint density at radius 1 is 1.19 bits per heavy atom. The smallest absolute Gasteiger partial charge is 0.0192 e. The van der Waals surface area contributed by atoms with Gasteiger partial charge in [-0.2, -0.15) is 0 Å². The maximum absolute atomic E-state index is 3.69. The predicted molar refractivity (Wildman–Crippen MR) is 71.8 cm³/mol. The third-order valence-corrected chi connectivity index (χ3v) is 3.91. The Morgan fingerprint density at radius 2 is 1.81 bits per heavy atom. The standard InChI is InChI=1S/C14H30N2/c1-5-14(6-2)15-10-12(4)16(7-3)11-13-8-9-13/h12-15H,5-11H2,1-4H3. The third-order valence-electron chi connectivity index (χ3n) is 3.91. The molecule has 0 amide bonds. The first-order chi connectivity index (χ1) is 7.71. The molecule has 0 radical (unpaired) electrons. The van der Waals surface area contributed by atoms with Gasteiger partial charge in [0, 0.05) is 25.2 Å². The van der Waals surface area contributed by atoms with E-state index in [1.807, 2.05) is 0 Å². The van der Waals surface area contributed by atoms with Crippen LogP contribution in [0.25, 0.3) is 0 Å². The van der Waals surface area contributed by atoms with Gasteiger partial charge in [0.05, 0.1) is 0 Å². The molecular formula is C14H30N2. The number of hydrogen-bond acceptors (Lipinski definition) is 2. The van der Waals surface area contributed by atoms with Crippen molar-refractivity contribution in [3.05, 3.63) is 0 Å². The molecule has 1 saturated carbocycles. The Labute approximate surface area is 102 Å². The van der Waals surface area contributed by atoms with Gasteiger partial charge in [-0.15, -0.1) is 0 Å². The Balaban J connectivity index is 2.21. The van der Waals surface area contributed by atoms with E-state index in [4.69, 9.17) is 0 Å². The van der Waals surface area contributed by atoms with Crippen molar-refractivity contribution >= 4 is 0 Å². The summed E-state index contributed by atoms with van der Waals surface area (Å²) >= 11 is 0. The fraction of sp³-hybridized carbons (Fsp3) is 1.00. The van der Waals surface area contributed by atoms with Crippen LogP contribution in [-0.4, -0.2) is 36.6 Å². The van der Waals surface area contributed by atoms with Crippen LogP contribution in [-0.2, 0) is 0 Å². The van der Waals surface area contributed by atoms with Gasteiger partial charge in [0.25, 0.3) is 0 Å². The van der Waals surface area contributed by atoms with Crippen molar-refractivity contribution in [2.45, 2.75) is 65.5 Å². The lowest BCUT2D eigenvalue weighted by molar-refractivity contribution is 0.201. The van der Waals surface area contributed by atoms with E-state index in [9.17, 15) is 0 Å². The van der Waals surface area contributed by atoms with Crippen molar-refractivity contribution in [1.82, 2.24) is 10.2 Å². The second-order valence-electron chi connectivity index (χ2n) is 5.30. The van der Waals surface area contributed by atoms with Crippen LogP contribution in [0.5, 0.6) is 0 Å². The lowest BCUT2D eigenvalue weighted by Gasteiger charge is -2.29. The molecule has 0 aromatic heterocycles. The first-order valence-corrected chi connectivity index (χ1v) is 7.18. The van der Waals surface area contributed by atoms with E-state index < -0.39 is 0 Å². The maximum atomic E-state index is 3.69. The topological polar surface area (TPSA) is 15.3 Å². The normalized spacial score (nSPS) is 18.4. The molecule has 0 saturated heterocycles. The van der Waals surface area contributed by atoms with Crippen LogP contribution >= 0.6 is 0 Å². The van der Waals surface area contributed by atoms with Gasteiger partial charge < -0.3 is 5.32 Å². The first-order valence-electron chi connectivity index (χ1n) is 7.18. The van der Waals surface area contributed by atoms with Crippen LogP contribution < -0.4 is 5.32 Å². The molecule has 16 heavy (non-hydrogen) atoms. The minimum atomic E-state index is 0.686. The van der Waals surface area contributed by atoms with E-state index in [1.54, 1.807) is 0 Å². The predicted octanol–water partition coefficient (Wildman–Crippen LogP) is 2.89. The first kappa shape index (κ1) is 14.0. The molecule has 0 aliphatic heterocycles. The zero-order valence-corrected chi connectivity index (χ0v) is 11.6. The Kier molecular flexibility index (Phi) is 6.37. The van der Waals surface area contributed by atoms with Crippen LogP contribution in [0.4, 0.5) is 0 Å². The SMILES string of the molecule is CCC(CC)NCC(C)N(CC)CC1CC1. The van der Waals surface area contributed by atoms with Gasteiger partial charge in [-0.1, -0.05) is 20.8 Å². The maximum Gasteiger partial charge on any atom is 0.0192 e. The summed E-state index contributed by atoms with van der Waals surface area (Å²) in [6, 6.07) is 1.40. The summed E-state index contributed by atoms with van der Waals surface area (Å²) < 4.78 is 0. The molecule has 1 aliphatic rings. The molecule has 1 atom stereocenters. The molecule has 0 spiro atoms. The van der Waals surface area contributed by atoms with Crippen molar-refractivity contribution in [2.75, 3.05) is 19.6 Å². The average molecular weight is 226 g/mol. The van der Waals surface area contributed by atoms with E-state index in [0.29, 0.717) is 12.1 Å². The summed E-state index contributed by atoms with van der Waals surface area (Å²) in [6.07, 6.45) is 5.42. The highest BCUT2D eigenvalue weighted by Crippen LogP contribution is 2.30. The lowest BCUT2D eigenvalue weighted by atomic mass is 10.1. The summed E-state index contributed by atoms with van der Waals surface area (Å²) in [5, 5.41) is 3.69. The highest BCUT2D eigenvalue weighted by Gasteiger charge is 2.25. The second-order valence-corrected chi connectivity index (χ2v) is 5.30. The lowest BCUT2D eigenvalue weighted by Crippen LogP contribution is -2.44. The second kappa shape index (κ2) is 7.29. The summed E-state index contributed by atoms with van der Waals surface area (Å²) in [5.41, 5.74) is 0. The van der Waals surface area contributed by atoms with E-state index in [-0.39, 0.29) is 0 Å². The Morgan fingerprint density at radius 3 is 2.25 bits per heavy atom. The molecule has 0 bridgehead atoms. The van der Waals surface area contributed by atoms with E-state index in [1.165, 1.54) is 38.8 Å². The van der Waals surface area contributed by atoms with Crippen molar-refractivity contribution in [1.29, 1.82) is 0 Å². The van der Waals surface area contributed by atoms with Gasteiger partial charge in [0.15, 0.2) is 0 Å². The van der Waals surface area contributed by atoms with Crippen molar-refractivity contribution in [3.8, 4) is 0 Å². The molecule has 0 heterocycles. The number of hydrogen-bond donors (Lipinski definition) is 1. The fourth-order valence-corrected chi connectivity index (χ4v) is 2.30. The molecular weight excluding hydrogens is 196 g/mol. The van der Waals surface area contributed by atoms with Crippen molar-refractivity contribution in [2.24, 2.45) is 5.92 Å². The number of nitrogens with zero attached hydrogens (tertiary/aromatic N) is 1. The molecule has 1 fully saturated rings. The molecule has 0 aromatic carbocycles. The van der Waals surface area contributed by atoms with Crippen LogP contribution in [0.1, 0.15) is 53.4 Å². The van der Waals surface area contributed by atoms with Crippen molar-refractivity contribution in [3.63, 3.8) is 0 Å².